The Labute approximate surface area is 105 Å². The van der Waals surface area contributed by atoms with E-state index < -0.39 is 0 Å². The van der Waals surface area contributed by atoms with E-state index in [2.05, 4.69) is 20.9 Å². The lowest BCUT2D eigenvalue weighted by Crippen LogP contribution is -2.59. The summed E-state index contributed by atoms with van der Waals surface area (Å²) in [4.78, 5) is 26.8. The van der Waals surface area contributed by atoms with Crippen LogP contribution >= 0.6 is 0 Å². The molecule has 2 heterocycles. The molecule has 2 rings (SSSR count). The molecule has 2 amide bonds. The number of hydrogen-bond acceptors (Lipinski definition) is 4. The second-order valence-corrected chi connectivity index (χ2v) is 4.41. The van der Waals surface area contributed by atoms with Crippen molar-refractivity contribution in [1.82, 2.24) is 25.5 Å². The largest absolute Gasteiger partial charge is 0.353 e. The third-order valence-corrected chi connectivity index (χ3v) is 2.76. The van der Waals surface area contributed by atoms with E-state index in [-0.39, 0.29) is 30.4 Å². The molecule has 0 aromatic carbocycles. The van der Waals surface area contributed by atoms with Gasteiger partial charge in [-0.05, 0) is 6.92 Å². The minimum absolute atomic E-state index is 0.00567. The van der Waals surface area contributed by atoms with Crippen LogP contribution in [0.25, 0.3) is 0 Å². The number of amides is 2. The lowest BCUT2D eigenvalue weighted by Gasteiger charge is -2.25. The molecular weight excluding hydrogens is 234 g/mol. The summed E-state index contributed by atoms with van der Waals surface area (Å²) in [5.74, 6) is -0.173. The number of carbonyl (C=O) groups excluding carboxylic acids is 2. The smallest absolute Gasteiger partial charge is 0.239 e. The maximum Gasteiger partial charge on any atom is 0.239 e. The Bertz CT molecular complexity index is 407. The molecule has 98 valence electrons. The average Bonchev–Trinajstić information content (AvgIpc) is 2.82. The van der Waals surface area contributed by atoms with Crippen LogP contribution in [0.3, 0.4) is 0 Å². The Morgan fingerprint density at radius 1 is 1.72 bits per heavy atom. The molecule has 0 saturated carbocycles. The molecule has 1 aromatic rings. The molecule has 0 spiro atoms. The Hall–Kier alpha value is -1.89. The number of imidazole rings is 1. The molecule has 1 aliphatic heterocycles. The number of hydrogen-bond donors (Lipinski definition) is 3. The Balaban J connectivity index is 1.78. The number of piperazine rings is 1. The molecule has 1 fully saturated rings. The van der Waals surface area contributed by atoms with Gasteiger partial charge in [0, 0.05) is 31.5 Å². The number of nitrogens with zero attached hydrogens (tertiary/aromatic N) is 2. The van der Waals surface area contributed by atoms with E-state index in [0.29, 0.717) is 13.1 Å². The first-order chi connectivity index (χ1) is 8.65. The van der Waals surface area contributed by atoms with E-state index in [1.54, 1.807) is 12.5 Å². The first-order valence-electron chi connectivity index (χ1n) is 5.91. The zero-order chi connectivity index (χ0) is 13.0. The fraction of sp³-hybridized carbons (Fsp3) is 0.545. The van der Waals surface area contributed by atoms with Gasteiger partial charge >= 0.3 is 0 Å². The average molecular weight is 251 g/mol. The predicted octanol–water partition coefficient (Wildman–Crippen LogP) is -1.52. The fourth-order valence-corrected chi connectivity index (χ4v) is 1.85. The van der Waals surface area contributed by atoms with Crippen LogP contribution in [0.15, 0.2) is 18.7 Å². The Morgan fingerprint density at radius 2 is 2.56 bits per heavy atom. The van der Waals surface area contributed by atoms with Gasteiger partial charge in [-0.2, -0.15) is 0 Å². The summed E-state index contributed by atoms with van der Waals surface area (Å²) < 4.78 is 1.90. The molecule has 1 aromatic heterocycles. The number of aromatic nitrogens is 2. The molecule has 0 radical (unpaired) electrons. The first kappa shape index (κ1) is 12.6. The van der Waals surface area contributed by atoms with E-state index in [1.807, 2.05) is 17.7 Å². The van der Waals surface area contributed by atoms with Gasteiger partial charge in [-0.3, -0.25) is 14.9 Å². The molecule has 1 aliphatic rings. The minimum atomic E-state index is -0.354. The summed E-state index contributed by atoms with van der Waals surface area (Å²) in [5, 5.41) is 8.45. The van der Waals surface area contributed by atoms with Crippen LogP contribution in [0.2, 0.25) is 0 Å². The topological polar surface area (TPSA) is 88.1 Å². The van der Waals surface area contributed by atoms with Gasteiger partial charge in [-0.25, -0.2) is 4.98 Å². The molecule has 7 heteroatoms. The molecule has 7 nitrogen and oxygen atoms in total. The van der Waals surface area contributed by atoms with Crippen molar-refractivity contribution >= 4 is 11.8 Å². The summed E-state index contributed by atoms with van der Waals surface area (Å²) in [6.45, 7) is 3.13. The van der Waals surface area contributed by atoms with Gasteiger partial charge < -0.3 is 15.2 Å². The van der Waals surface area contributed by atoms with E-state index >= 15 is 0 Å². The van der Waals surface area contributed by atoms with Crippen molar-refractivity contribution in [2.24, 2.45) is 0 Å². The third-order valence-electron chi connectivity index (χ3n) is 2.76. The Morgan fingerprint density at radius 3 is 3.17 bits per heavy atom. The summed E-state index contributed by atoms with van der Waals surface area (Å²) in [5.41, 5.74) is 0. The predicted molar refractivity (Wildman–Crippen MR) is 64.6 cm³/mol. The molecule has 3 N–H and O–H groups in total. The van der Waals surface area contributed by atoms with Crippen molar-refractivity contribution in [3.8, 4) is 0 Å². The van der Waals surface area contributed by atoms with Crippen molar-refractivity contribution < 1.29 is 9.59 Å². The van der Waals surface area contributed by atoms with Gasteiger partial charge in [0.2, 0.25) is 11.8 Å². The lowest BCUT2D eigenvalue weighted by atomic mass is 10.2. The van der Waals surface area contributed by atoms with Gasteiger partial charge in [0.15, 0.2) is 0 Å². The van der Waals surface area contributed by atoms with Crippen molar-refractivity contribution in [2.75, 3.05) is 13.1 Å². The molecule has 2 unspecified atom stereocenters. The summed E-state index contributed by atoms with van der Waals surface area (Å²) in [6, 6.07) is -0.348. The minimum Gasteiger partial charge on any atom is -0.353 e. The van der Waals surface area contributed by atoms with Crippen molar-refractivity contribution in [3.63, 3.8) is 0 Å². The molecule has 0 aliphatic carbocycles. The molecule has 2 atom stereocenters. The highest BCUT2D eigenvalue weighted by Gasteiger charge is 2.24. The maximum absolute atomic E-state index is 11.9. The van der Waals surface area contributed by atoms with Gasteiger partial charge in [0.05, 0.1) is 12.9 Å². The van der Waals surface area contributed by atoms with E-state index in [0.717, 1.165) is 0 Å². The molecule has 1 saturated heterocycles. The van der Waals surface area contributed by atoms with Gasteiger partial charge in [0.1, 0.15) is 6.04 Å². The van der Waals surface area contributed by atoms with Gasteiger partial charge in [-0.1, -0.05) is 0 Å². The van der Waals surface area contributed by atoms with Crippen LogP contribution in [0.4, 0.5) is 0 Å². The van der Waals surface area contributed by atoms with Crippen LogP contribution in [-0.4, -0.2) is 46.5 Å². The molecular formula is C11H17N5O2. The standard InChI is InChI=1S/C11H17N5O2/c1-8(6-16-3-2-12-7-16)15-11(18)9-4-14-10(17)5-13-9/h2-3,7-9,13H,4-6H2,1H3,(H,14,17)(H,15,18). The first-order valence-corrected chi connectivity index (χ1v) is 5.91. The van der Waals surface area contributed by atoms with Crippen molar-refractivity contribution in [2.45, 2.75) is 25.6 Å². The second-order valence-electron chi connectivity index (χ2n) is 4.41. The van der Waals surface area contributed by atoms with E-state index in [1.165, 1.54) is 0 Å². The van der Waals surface area contributed by atoms with Crippen LogP contribution in [0.5, 0.6) is 0 Å². The normalized spacial score (nSPS) is 21.2. The highest BCUT2D eigenvalue weighted by molar-refractivity contribution is 5.86. The maximum atomic E-state index is 11.9. The Kier molecular flexibility index (Phi) is 3.93. The number of nitrogens with one attached hydrogen (secondary N) is 3. The van der Waals surface area contributed by atoms with E-state index in [4.69, 9.17) is 0 Å². The van der Waals surface area contributed by atoms with Crippen molar-refractivity contribution in [1.29, 1.82) is 0 Å². The van der Waals surface area contributed by atoms with Crippen LogP contribution in [0, 0.1) is 0 Å². The summed E-state index contributed by atoms with van der Waals surface area (Å²) in [7, 11) is 0. The summed E-state index contributed by atoms with van der Waals surface area (Å²) in [6.07, 6.45) is 5.26. The number of carbonyl (C=O) groups is 2. The van der Waals surface area contributed by atoms with E-state index in [9.17, 15) is 9.59 Å². The SMILES string of the molecule is CC(Cn1ccnc1)NC(=O)C1CNC(=O)CN1. The third kappa shape index (κ3) is 3.30. The quantitative estimate of drug-likeness (QED) is 0.606. The zero-order valence-electron chi connectivity index (χ0n) is 10.2. The van der Waals surface area contributed by atoms with Crippen LogP contribution in [0.1, 0.15) is 6.92 Å². The highest BCUT2D eigenvalue weighted by atomic mass is 16.2. The zero-order valence-corrected chi connectivity index (χ0v) is 10.2. The molecule has 18 heavy (non-hydrogen) atoms. The van der Waals surface area contributed by atoms with Gasteiger partial charge in [-0.15, -0.1) is 0 Å². The summed E-state index contributed by atoms with van der Waals surface area (Å²) >= 11 is 0. The van der Waals surface area contributed by atoms with Crippen molar-refractivity contribution in [3.05, 3.63) is 18.7 Å². The second kappa shape index (κ2) is 5.63. The lowest BCUT2D eigenvalue weighted by molar-refractivity contribution is -0.127. The van der Waals surface area contributed by atoms with Crippen LogP contribution < -0.4 is 16.0 Å². The fourth-order valence-electron chi connectivity index (χ4n) is 1.85. The number of rotatable bonds is 4. The molecule has 0 bridgehead atoms. The highest BCUT2D eigenvalue weighted by Crippen LogP contribution is 1.94. The van der Waals surface area contributed by atoms with Crippen LogP contribution in [-0.2, 0) is 16.1 Å². The van der Waals surface area contributed by atoms with Gasteiger partial charge in [0.25, 0.3) is 0 Å². The monoisotopic (exact) mass is 251 g/mol.